The molecule has 1 aliphatic carbocycles. The van der Waals surface area contributed by atoms with Crippen LogP contribution < -0.4 is 20.9 Å². The molecule has 20 heteroatoms. The number of carbonyl (C=O) groups excluding carboxylic acids is 4. The Hall–Kier alpha value is -6.38. The number of aromatic nitrogens is 6. The molecule has 2 bridgehead atoms. The minimum Gasteiger partial charge on any atom is -0.374 e. The van der Waals surface area contributed by atoms with Gasteiger partial charge < -0.3 is 29.7 Å². The van der Waals surface area contributed by atoms with Crippen LogP contribution in [0.3, 0.4) is 0 Å². The Labute approximate surface area is 370 Å². The zero-order valence-electron chi connectivity index (χ0n) is 35.5. The molecule has 8 heterocycles. The molecule has 3 N–H and O–H groups in total. The number of piperazine rings is 1. The largest absolute Gasteiger partial charge is 0.374 e. The predicted octanol–water partition coefficient (Wildman–Crippen LogP) is 4.90. The van der Waals surface area contributed by atoms with E-state index in [1.807, 2.05) is 30.3 Å². The average molecular weight is 891 g/mol. The first-order valence-corrected chi connectivity index (χ1v) is 22.4. The van der Waals surface area contributed by atoms with Gasteiger partial charge in [-0.1, -0.05) is 17.3 Å². The summed E-state index contributed by atoms with van der Waals surface area (Å²) in [7, 11) is 0. The lowest BCUT2D eigenvalue weighted by molar-refractivity contribution is -0.134. The van der Waals surface area contributed by atoms with Crippen LogP contribution in [0.5, 0.6) is 0 Å². The number of alkyl halides is 2. The zero-order chi connectivity index (χ0) is 44.3. The van der Waals surface area contributed by atoms with Gasteiger partial charge in [-0.2, -0.15) is 10.2 Å². The molecule has 3 atom stereocenters. The third-order valence-electron chi connectivity index (χ3n) is 13.9. The summed E-state index contributed by atoms with van der Waals surface area (Å²) < 4.78 is 43.1. The quantitative estimate of drug-likeness (QED) is 0.149. The first kappa shape index (κ1) is 41.3. The fraction of sp³-hybridized carbons (Fsp3) is 0.467. The van der Waals surface area contributed by atoms with Gasteiger partial charge in [-0.15, -0.1) is 0 Å². The number of fused-ring (bicyclic) bond motifs is 6. The van der Waals surface area contributed by atoms with Crippen LogP contribution in [-0.4, -0.2) is 128 Å². The summed E-state index contributed by atoms with van der Waals surface area (Å²) in [5, 5.41) is 23.3. The lowest BCUT2D eigenvalue weighted by Crippen LogP contribution is -2.49. The molecule has 1 saturated carbocycles. The van der Waals surface area contributed by atoms with E-state index in [1.165, 1.54) is 16.9 Å². The van der Waals surface area contributed by atoms with Crippen LogP contribution in [0.25, 0.3) is 27.4 Å². The Kier molecular flexibility index (Phi) is 10.7. The molecule has 0 radical (unpaired) electrons. The number of rotatable bonds is 11. The van der Waals surface area contributed by atoms with Gasteiger partial charge in [0.05, 0.1) is 54.5 Å². The summed E-state index contributed by atoms with van der Waals surface area (Å²) in [6.07, 6.45) is 6.89. The summed E-state index contributed by atoms with van der Waals surface area (Å²) in [6.45, 7) is 5.68. The van der Waals surface area contributed by atoms with Gasteiger partial charge in [0.1, 0.15) is 17.1 Å². The summed E-state index contributed by atoms with van der Waals surface area (Å²) in [5.41, 5.74) is 1.71. The Balaban J connectivity index is 0.667. The molecular weight excluding hydrogens is 843 g/mol. The second-order valence-corrected chi connectivity index (χ2v) is 18.0. The predicted molar refractivity (Wildman–Crippen MR) is 233 cm³/mol. The van der Waals surface area contributed by atoms with Crippen LogP contribution in [-0.2, 0) is 19.1 Å². The van der Waals surface area contributed by atoms with Gasteiger partial charge in [-0.05, 0) is 74.1 Å². The van der Waals surface area contributed by atoms with Crippen LogP contribution in [0.2, 0.25) is 0 Å². The maximum absolute atomic E-state index is 14.3. The van der Waals surface area contributed by atoms with Gasteiger partial charge in [-0.3, -0.25) is 34.1 Å². The number of anilines is 3. The van der Waals surface area contributed by atoms with E-state index >= 15 is 0 Å². The van der Waals surface area contributed by atoms with Gasteiger partial charge in [0, 0.05) is 69.2 Å². The Morgan fingerprint density at radius 3 is 2.52 bits per heavy atom. The molecule has 4 saturated heterocycles. The summed E-state index contributed by atoms with van der Waals surface area (Å²) in [4.78, 5) is 62.9. The van der Waals surface area contributed by atoms with Crippen molar-refractivity contribution in [1.82, 2.24) is 44.7 Å². The third-order valence-corrected chi connectivity index (χ3v) is 13.9. The van der Waals surface area contributed by atoms with Crippen molar-refractivity contribution in [1.29, 1.82) is 0 Å². The normalized spacial score (nSPS) is 24.2. The highest BCUT2D eigenvalue weighted by molar-refractivity contribution is 6.14. The number of ether oxygens (including phenoxy) is 1. The number of amides is 4. The molecule has 0 unspecified atom stereocenters. The fourth-order valence-electron chi connectivity index (χ4n) is 10.5. The van der Waals surface area contributed by atoms with Crippen molar-refractivity contribution in [2.75, 3.05) is 68.0 Å². The molecule has 4 amide bonds. The van der Waals surface area contributed by atoms with Gasteiger partial charge in [-0.25, -0.2) is 18.3 Å². The van der Waals surface area contributed by atoms with E-state index in [0.29, 0.717) is 46.9 Å². The number of morpholine rings is 1. The lowest BCUT2D eigenvalue weighted by Gasteiger charge is -2.38. The van der Waals surface area contributed by atoms with Crippen LogP contribution in [0.1, 0.15) is 85.1 Å². The molecule has 5 aliphatic rings. The zero-order valence-corrected chi connectivity index (χ0v) is 35.5. The van der Waals surface area contributed by atoms with Crippen LogP contribution in [0.4, 0.5) is 26.0 Å². The maximum atomic E-state index is 14.3. The second kappa shape index (κ2) is 16.9. The molecule has 2 aromatic carbocycles. The number of piperidine rings is 1. The van der Waals surface area contributed by atoms with E-state index < -0.39 is 29.9 Å². The van der Waals surface area contributed by atoms with Gasteiger partial charge in [0.2, 0.25) is 17.7 Å². The standard InChI is InChI=1S/C45H48F2N12O6/c46-42(47)41-34(50-45(63)32-19-48-58-13-12-36(51-43(32)58)57-21-28-18-27(57)24-64-28)22-59(53-41)26-6-4-25(5-7-26)20-55-14-16-56(17-15-55)23-38(61)49-33-3-1-2-30-29(33)8-10-35-39(30)40(54-65-35)31-9-11-37(60)52-44(31)62/h1-3,8,10,12-13,19,22,25-28,31,42H,4-7,9,11,14-18,20-21,23-24H2,(H,49,61)(H,50,63)(H,52,60,62)/t25?,26?,27-,28-,31-/m1/s1. The van der Waals surface area contributed by atoms with Crippen molar-refractivity contribution in [3.05, 3.63) is 71.9 Å². The first-order valence-electron chi connectivity index (χ1n) is 22.4. The molecule has 0 spiro atoms. The minimum absolute atomic E-state index is 0.0193. The van der Waals surface area contributed by atoms with Crippen LogP contribution in [0.15, 0.2) is 59.5 Å². The molecule has 4 aliphatic heterocycles. The minimum atomic E-state index is -2.87. The van der Waals surface area contributed by atoms with Crippen molar-refractivity contribution in [3.63, 3.8) is 0 Å². The molecule has 5 fully saturated rings. The summed E-state index contributed by atoms with van der Waals surface area (Å²) in [5.74, 6) is -0.836. The van der Waals surface area contributed by atoms with Crippen molar-refractivity contribution < 1.29 is 37.2 Å². The van der Waals surface area contributed by atoms with E-state index in [-0.39, 0.29) is 54.2 Å². The lowest BCUT2D eigenvalue weighted by atomic mass is 9.85. The van der Waals surface area contributed by atoms with Crippen molar-refractivity contribution in [3.8, 4) is 0 Å². The number of imide groups is 1. The Morgan fingerprint density at radius 1 is 0.923 bits per heavy atom. The number of benzene rings is 2. The van der Waals surface area contributed by atoms with Crippen molar-refractivity contribution >= 4 is 68.2 Å². The summed E-state index contributed by atoms with van der Waals surface area (Å²) in [6, 6.07) is 11.3. The molecule has 6 aromatic rings. The van der Waals surface area contributed by atoms with Gasteiger partial charge >= 0.3 is 0 Å². The number of nitrogens with one attached hydrogen (secondary N) is 3. The Bertz CT molecular complexity index is 2830. The second-order valence-electron chi connectivity index (χ2n) is 18.0. The van der Waals surface area contributed by atoms with Crippen molar-refractivity contribution in [2.45, 2.75) is 75.5 Å². The Morgan fingerprint density at radius 2 is 1.75 bits per heavy atom. The molecule has 4 aromatic heterocycles. The average Bonchev–Trinajstić information content (AvgIpc) is 4.17. The number of carbonyl (C=O) groups is 4. The molecule has 338 valence electrons. The highest BCUT2D eigenvalue weighted by Gasteiger charge is 2.40. The molecule has 18 nitrogen and oxygen atoms in total. The number of halogens is 2. The van der Waals surface area contributed by atoms with Crippen LogP contribution >= 0.6 is 0 Å². The molecular formula is C45H48F2N12O6. The van der Waals surface area contributed by atoms with E-state index in [4.69, 9.17) is 14.2 Å². The topological polar surface area (TPSA) is 197 Å². The number of nitrogens with zero attached hydrogens (tertiary/aromatic N) is 9. The molecule has 11 rings (SSSR count). The third kappa shape index (κ3) is 7.96. The number of hydrogen-bond donors (Lipinski definition) is 3. The SMILES string of the molecule is O=C1CC[C@H](c2noc3ccc4c(NC(=O)CN5CCN(CC6CCC(n7cc(NC(=O)c8cnn9ccc(N%10C[C@H]%11C[C@@H]%10CO%11)nc89)c(C(F)F)n7)CC6)CC5)cccc4c23)C(=O)N1. The van der Waals surface area contributed by atoms with E-state index in [2.05, 4.69) is 46.0 Å². The highest BCUT2D eigenvalue weighted by atomic mass is 19.3. The summed E-state index contributed by atoms with van der Waals surface area (Å²) >= 11 is 0. The highest BCUT2D eigenvalue weighted by Crippen LogP contribution is 2.39. The first-order chi connectivity index (χ1) is 31.6. The van der Waals surface area contributed by atoms with Gasteiger partial charge in [0.15, 0.2) is 16.9 Å². The number of hydrogen-bond acceptors (Lipinski definition) is 13. The van der Waals surface area contributed by atoms with E-state index in [1.54, 1.807) is 16.9 Å². The monoisotopic (exact) mass is 890 g/mol. The molecule has 65 heavy (non-hydrogen) atoms. The fourth-order valence-corrected chi connectivity index (χ4v) is 10.5. The van der Waals surface area contributed by atoms with Crippen molar-refractivity contribution in [2.24, 2.45) is 5.92 Å². The maximum Gasteiger partial charge on any atom is 0.284 e. The van der Waals surface area contributed by atoms with Crippen LogP contribution in [0, 0.1) is 5.92 Å². The van der Waals surface area contributed by atoms with E-state index in [9.17, 15) is 28.0 Å². The van der Waals surface area contributed by atoms with Gasteiger partial charge in [0.25, 0.3) is 12.3 Å². The van der Waals surface area contributed by atoms with E-state index in [0.717, 1.165) is 88.0 Å². The smallest absolute Gasteiger partial charge is 0.284 e.